The second-order valence-electron chi connectivity index (χ2n) is 7.48. The van der Waals surface area contributed by atoms with Gasteiger partial charge in [0.15, 0.2) is 6.10 Å². The van der Waals surface area contributed by atoms with Crippen molar-refractivity contribution in [1.29, 1.82) is 0 Å². The summed E-state index contributed by atoms with van der Waals surface area (Å²) < 4.78 is 5.93. The normalized spacial score (nSPS) is 11.8. The van der Waals surface area contributed by atoms with Crippen LogP contribution in [0.4, 0.5) is 5.69 Å². The molecule has 2 aromatic rings. The fourth-order valence-corrected chi connectivity index (χ4v) is 2.88. The summed E-state index contributed by atoms with van der Waals surface area (Å²) in [5.74, 6) is 0.544. The number of nitrogens with one attached hydrogen (secondary N) is 2. The van der Waals surface area contributed by atoms with Crippen LogP contribution in [-0.2, 0) is 4.79 Å². The third-order valence-electron chi connectivity index (χ3n) is 4.24. The summed E-state index contributed by atoms with van der Waals surface area (Å²) in [7, 11) is 0. The van der Waals surface area contributed by atoms with Crippen LogP contribution in [-0.4, -0.2) is 24.5 Å². The van der Waals surface area contributed by atoms with Crippen molar-refractivity contribution in [2.45, 2.75) is 47.1 Å². The topological polar surface area (TPSA) is 67.4 Å². The summed E-state index contributed by atoms with van der Waals surface area (Å²) in [6.07, 6.45) is -0.131. The molecule has 2 rings (SSSR count). The monoisotopic (exact) mass is 382 g/mol. The number of carbonyl (C=O) groups is 2. The smallest absolute Gasteiger partial charge is 0.265 e. The molecule has 5 heteroatoms. The van der Waals surface area contributed by atoms with Crippen LogP contribution in [0, 0.1) is 19.8 Å². The third-order valence-corrected chi connectivity index (χ3v) is 4.24. The summed E-state index contributed by atoms with van der Waals surface area (Å²) in [5.41, 5.74) is 3.09. The van der Waals surface area contributed by atoms with Gasteiger partial charge in [0.2, 0.25) is 0 Å². The lowest BCUT2D eigenvalue weighted by molar-refractivity contribution is -0.122. The Labute approximate surface area is 167 Å². The number of rotatable bonds is 8. The van der Waals surface area contributed by atoms with Crippen LogP contribution in [0.5, 0.6) is 5.75 Å². The van der Waals surface area contributed by atoms with Crippen molar-refractivity contribution in [3.8, 4) is 5.75 Å². The van der Waals surface area contributed by atoms with Gasteiger partial charge in [-0.25, -0.2) is 0 Å². The molecule has 0 aliphatic heterocycles. The molecule has 2 N–H and O–H groups in total. The second-order valence-corrected chi connectivity index (χ2v) is 7.48. The van der Waals surface area contributed by atoms with Crippen LogP contribution in [0.15, 0.2) is 42.5 Å². The molecule has 0 spiro atoms. The summed E-state index contributed by atoms with van der Waals surface area (Å²) in [5, 5.41) is 5.74. The van der Waals surface area contributed by atoms with Crippen molar-refractivity contribution in [2.24, 2.45) is 5.92 Å². The number of carbonyl (C=O) groups excluding carboxylic acids is 2. The van der Waals surface area contributed by atoms with E-state index >= 15 is 0 Å². The predicted octanol–water partition coefficient (Wildman–Crippen LogP) is 4.49. The average Bonchev–Trinajstić information content (AvgIpc) is 2.63. The van der Waals surface area contributed by atoms with E-state index in [-0.39, 0.29) is 11.8 Å². The number of ether oxygens (including phenoxy) is 1. The molecule has 2 aromatic carbocycles. The fourth-order valence-electron chi connectivity index (χ4n) is 2.88. The number of para-hydroxylation sites is 1. The molecule has 0 heterocycles. The van der Waals surface area contributed by atoms with Gasteiger partial charge in [-0.05, 0) is 61.6 Å². The highest BCUT2D eigenvalue weighted by Crippen LogP contribution is 2.20. The van der Waals surface area contributed by atoms with Gasteiger partial charge in [-0.3, -0.25) is 9.59 Å². The molecule has 0 saturated carbocycles. The van der Waals surface area contributed by atoms with Gasteiger partial charge in [0.25, 0.3) is 11.8 Å². The van der Waals surface area contributed by atoms with Crippen LogP contribution >= 0.6 is 0 Å². The minimum atomic E-state index is -0.645. The van der Waals surface area contributed by atoms with E-state index in [4.69, 9.17) is 4.74 Å². The van der Waals surface area contributed by atoms with Crippen molar-refractivity contribution in [3.05, 3.63) is 59.2 Å². The number of benzene rings is 2. The Morgan fingerprint density at radius 3 is 2.29 bits per heavy atom. The maximum atomic E-state index is 12.8. The van der Waals surface area contributed by atoms with Crippen LogP contribution in [0.3, 0.4) is 0 Å². The van der Waals surface area contributed by atoms with E-state index < -0.39 is 6.10 Å². The summed E-state index contributed by atoms with van der Waals surface area (Å²) in [4.78, 5) is 25.3. The molecule has 2 amide bonds. The van der Waals surface area contributed by atoms with E-state index in [0.717, 1.165) is 11.1 Å². The van der Waals surface area contributed by atoms with Crippen LogP contribution < -0.4 is 15.4 Å². The van der Waals surface area contributed by atoms with Gasteiger partial charge in [0.1, 0.15) is 5.75 Å². The van der Waals surface area contributed by atoms with Crippen LogP contribution in [0.2, 0.25) is 0 Å². The molecule has 1 atom stereocenters. The molecule has 0 saturated heterocycles. The van der Waals surface area contributed by atoms with E-state index in [0.29, 0.717) is 35.9 Å². The molecule has 0 aromatic heterocycles. The number of hydrogen-bond acceptors (Lipinski definition) is 3. The first-order valence-electron chi connectivity index (χ1n) is 9.73. The number of aryl methyl sites for hydroxylation is 2. The number of amides is 2. The Balaban J connectivity index is 2.13. The first kappa shape index (κ1) is 21.5. The molecule has 1 unspecified atom stereocenters. The molecule has 28 heavy (non-hydrogen) atoms. The van der Waals surface area contributed by atoms with Gasteiger partial charge < -0.3 is 15.4 Å². The Morgan fingerprint density at radius 2 is 1.68 bits per heavy atom. The molecular weight excluding hydrogens is 352 g/mol. The standard InChI is InChI=1S/C23H30N2O3/c1-6-21(28-18-12-16(4)11-17(5)13-18)23(27)25-20-10-8-7-9-19(20)22(26)24-14-15(2)3/h7-13,15,21H,6,14H2,1-5H3,(H,24,26)(H,25,27). The van der Waals surface area contributed by atoms with E-state index in [1.165, 1.54) is 0 Å². The maximum absolute atomic E-state index is 12.8. The molecule has 150 valence electrons. The zero-order valence-corrected chi connectivity index (χ0v) is 17.3. The zero-order chi connectivity index (χ0) is 20.7. The Morgan fingerprint density at radius 1 is 1.04 bits per heavy atom. The molecule has 0 aliphatic carbocycles. The van der Waals surface area contributed by atoms with Crippen LogP contribution in [0.1, 0.15) is 48.7 Å². The largest absolute Gasteiger partial charge is 0.481 e. The summed E-state index contributed by atoms with van der Waals surface area (Å²) in [6, 6.07) is 12.9. The predicted molar refractivity (Wildman–Crippen MR) is 113 cm³/mol. The van der Waals surface area contributed by atoms with Crippen molar-refractivity contribution in [2.75, 3.05) is 11.9 Å². The Kier molecular flexibility index (Phi) is 7.61. The average molecular weight is 383 g/mol. The second kappa shape index (κ2) is 9.93. The lowest BCUT2D eigenvalue weighted by Gasteiger charge is -2.19. The van der Waals surface area contributed by atoms with Gasteiger partial charge >= 0.3 is 0 Å². The molecule has 0 fully saturated rings. The highest BCUT2D eigenvalue weighted by molar-refractivity contribution is 6.04. The first-order chi connectivity index (χ1) is 13.3. The maximum Gasteiger partial charge on any atom is 0.265 e. The van der Waals surface area contributed by atoms with Gasteiger partial charge in [-0.2, -0.15) is 0 Å². The van der Waals surface area contributed by atoms with Crippen molar-refractivity contribution in [3.63, 3.8) is 0 Å². The number of anilines is 1. The summed E-state index contributed by atoms with van der Waals surface area (Å²) in [6.45, 7) is 10.5. The third kappa shape index (κ3) is 6.12. The lowest BCUT2D eigenvalue weighted by Crippen LogP contribution is -2.34. The SMILES string of the molecule is CCC(Oc1cc(C)cc(C)c1)C(=O)Nc1ccccc1C(=O)NCC(C)C. The van der Waals surface area contributed by atoms with Crippen molar-refractivity contribution < 1.29 is 14.3 Å². The van der Waals surface area contributed by atoms with E-state index in [9.17, 15) is 9.59 Å². The Hall–Kier alpha value is -2.82. The first-order valence-corrected chi connectivity index (χ1v) is 9.73. The Bertz CT molecular complexity index is 810. The fraction of sp³-hybridized carbons (Fsp3) is 0.391. The van der Waals surface area contributed by atoms with Crippen molar-refractivity contribution >= 4 is 17.5 Å². The molecule has 0 bridgehead atoms. The van der Waals surface area contributed by atoms with Gasteiger partial charge in [-0.1, -0.05) is 39.0 Å². The highest BCUT2D eigenvalue weighted by Gasteiger charge is 2.21. The molecular formula is C23H30N2O3. The molecule has 5 nitrogen and oxygen atoms in total. The van der Waals surface area contributed by atoms with Gasteiger partial charge in [0.05, 0.1) is 11.3 Å². The van der Waals surface area contributed by atoms with Crippen LogP contribution in [0.25, 0.3) is 0 Å². The molecule has 0 aliphatic rings. The quantitative estimate of drug-likeness (QED) is 0.707. The van der Waals surface area contributed by atoms with Gasteiger partial charge in [-0.15, -0.1) is 0 Å². The molecule has 0 radical (unpaired) electrons. The minimum Gasteiger partial charge on any atom is -0.481 e. The summed E-state index contributed by atoms with van der Waals surface area (Å²) >= 11 is 0. The van der Waals surface area contributed by atoms with Gasteiger partial charge in [0, 0.05) is 6.54 Å². The van der Waals surface area contributed by atoms with E-state index in [2.05, 4.69) is 16.7 Å². The highest BCUT2D eigenvalue weighted by atomic mass is 16.5. The zero-order valence-electron chi connectivity index (χ0n) is 17.3. The minimum absolute atomic E-state index is 0.201. The van der Waals surface area contributed by atoms with Crippen molar-refractivity contribution in [1.82, 2.24) is 5.32 Å². The number of hydrogen-bond donors (Lipinski definition) is 2. The lowest BCUT2D eigenvalue weighted by atomic mass is 10.1. The van der Waals surface area contributed by atoms with E-state index in [1.54, 1.807) is 24.3 Å². The van der Waals surface area contributed by atoms with E-state index in [1.807, 2.05) is 46.8 Å².